The molecule has 0 spiro atoms. The molecule has 0 unspecified atom stereocenters. The number of unbranched alkanes of at least 4 members (excludes halogenated alkanes) is 1. The van der Waals surface area contributed by atoms with Gasteiger partial charge in [0.2, 0.25) is 0 Å². The van der Waals surface area contributed by atoms with Crippen LogP contribution in [0.25, 0.3) is 0 Å². The average Bonchev–Trinajstić information content (AvgIpc) is 2.87. The van der Waals surface area contributed by atoms with Crippen LogP contribution in [0.2, 0.25) is 0 Å². The fourth-order valence-electron chi connectivity index (χ4n) is 2.06. The van der Waals surface area contributed by atoms with Crippen molar-refractivity contribution in [2.75, 3.05) is 27.7 Å². The van der Waals surface area contributed by atoms with E-state index >= 15 is 0 Å². The number of methoxy groups -OCH3 is 1. The molecule has 1 heterocycles. The number of ether oxygens (including phenoxy) is 1. The normalized spacial score (nSPS) is 10.8. The molecular weight excluding hydrogens is 395 g/mol. The van der Waals surface area contributed by atoms with Gasteiger partial charge in [0.15, 0.2) is 5.96 Å². The Morgan fingerprint density at radius 3 is 2.73 bits per heavy atom. The van der Waals surface area contributed by atoms with Gasteiger partial charge in [0, 0.05) is 46.0 Å². The molecule has 1 aromatic heterocycles. The first-order chi connectivity index (χ1) is 10.1. The Morgan fingerprint density at radius 1 is 1.45 bits per heavy atom. The molecule has 1 N–H and O–H groups in total. The maximum absolute atomic E-state index is 11.0. The molecule has 0 aliphatic rings. The number of hydrogen-bond donors (Lipinski definition) is 1. The van der Waals surface area contributed by atoms with Crippen molar-refractivity contribution in [2.45, 2.75) is 25.8 Å². The Hall–Kier alpha value is -1.25. The van der Waals surface area contributed by atoms with Crippen LogP contribution in [0, 0.1) is 0 Å². The van der Waals surface area contributed by atoms with E-state index in [9.17, 15) is 4.79 Å². The molecule has 7 heteroatoms. The molecule has 0 aromatic carbocycles. The van der Waals surface area contributed by atoms with Gasteiger partial charge in [0.25, 0.3) is 0 Å². The summed E-state index contributed by atoms with van der Waals surface area (Å²) >= 11 is 0. The first-order valence-electron chi connectivity index (χ1n) is 7.17. The number of guanidine groups is 1. The summed E-state index contributed by atoms with van der Waals surface area (Å²) in [5.41, 5.74) is 1.23. The molecule has 6 nitrogen and oxygen atoms in total. The fourth-order valence-corrected chi connectivity index (χ4v) is 2.06. The van der Waals surface area contributed by atoms with Crippen LogP contribution < -0.4 is 5.32 Å². The van der Waals surface area contributed by atoms with Crippen molar-refractivity contribution in [1.29, 1.82) is 0 Å². The molecule has 0 amide bonds. The Kier molecular flexibility index (Phi) is 10.7. The minimum absolute atomic E-state index is 0. The first-order valence-corrected chi connectivity index (χ1v) is 7.17. The van der Waals surface area contributed by atoms with Crippen LogP contribution in [0.5, 0.6) is 0 Å². The third-order valence-corrected chi connectivity index (χ3v) is 3.34. The zero-order valence-electron chi connectivity index (χ0n) is 13.8. The predicted octanol–water partition coefficient (Wildman–Crippen LogP) is 1.99. The molecule has 126 valence electrons. The molecule has 1 aromatic rings. The number of nitrogens with zero attached hydrogens (tertiary/aromatic N) is 3. The van der Waals surface area contributed by atoms with E-state index in [1.807, 2.05) is 26.4 Å². The van der Waals surface area contributed by atoms with Crippen LogP contribution in [0.4, 0.5) is 0 Å². The van der Waals surface area contributed by atoms with Gasteiger partial charge in [-0.05, 0) is 25.0 Å². The van der Waals surface area contributed by atoms with Crippen LogP contribution in [-0.4, -0.2) is 49.1 Å². The van der Waals surface area contributed by atoms with E-state index in [0.29, 0.717) is 6.42 Å². The highest BCUT2D eigenvalue weighted by Gasteiger charge is 2.08. The second-order valence-corrected chi connectivity index (χ2v) is 4.97. The van der Waals surface area contributed by atoms with Gasteiger partial charge in [0.1, 0.15) is 0 Å². The van der Waals surface area contributed by atoms with Gasteiger partial charge in [0.05, 0.1) is 13.7 Å². The second-order valence-electron chi connectivity index (χ2n) is 4.97. The Labute approximate surface area is 149 Å². The summed E-state index contributed by atoms with van der Waals surface area (Å²) in [6.45, 7) is 1.59. The van der Waals surface area contributed by atoms with Crippen molar-refractivity contribution in [2.24, 2.45) is 12.0 Å². The van der Waals surface area contributed by atoms with Crippen LogP contribution in [0.3, 0.4) is 0 Å². The number of hydrogen-bond acceptors (Lipinski definition) is 3. The molecule has 0 aliphatic carbocycles. The second kappa shape index (κ2) is 11.3. The van der Waals surface area contributed by atoms with Crippen LogP contribution in [0.15, 0.2) is 23.3 Å². The largest absolute Gasteiger partial charge is 0.469 e. The lowest BCUT2D eigenvalue weighted by atomic mass is 10.2. The summed E-state index contributed by atoms with van der Waals surface area (Å²) in [6, 6.07) is 4.13. The van der Waals surface area contributed by atoms with Crippen molar-refractivity contribution in [1.82, 2.24) is 14.8 Å². The van der Waals surface area contributed by atoms with E-state index in [-0.39, 0.29) is 29.9 Å². The number of rotatable bonds is 7. The number of carbonyl (C=O) groups is 1. The summed E-state index contributed by atoms with van der Waals surface area (Å²) in [6.07, 6.45) is 4.23. The van der Waals surface area contributed by atoms with Crippen molar-refractivity contribution in [3.05, 3.63) is 24.0 Å². The minimum Gasteiger partial charge on any atom is -0.469 e. The third kappa shape index (κ3) is 7.15. The lowest BCUT2D eigenvalue weighted by molar-refractivity contribution is -0.140. The number of esters is 1. The lowest BCUT2D eigenvalue weighted by Crippen LogP contribution is -2.39. The molecule has 0 atom stereocenters. The average molecular weight is 422 g/mol. The van der Waals surface area contributed by atoms with Crippen molar-refractivity contribution >= 4 is 35.9 Å². The quantitative estimate of drug-likeness (QED) is 0.240. The maximum Gasteiger partial charge on any atom is 0.305 e. The van der Waals surface area contributed by atoms with E-state index in [0.717, 1.165) is 31.9 Å². The monoisotopic (exact) mass is 422 g/mol. The third-order valence-electron chi connectivity index (χ3n) is 3.34. The molecule has 22 heavy (non-hydrogen) atoms. The van der Waals surface area contributed by atoms with E-state index in [1.54, 1.807) is 7.05 Å². The van der Waals surface area contributed by atoms with Gasteiger partial charge in [-0.2, -0.15) is 0 Å². The Bertz CT molecular complexity index is 474. The summed E-state index contributed by atoms with van der Waals surface area (Å²) in [7, 11) is 7.24. The van der Waals surface area contributed by atoms with Crippen LogP contribution in [0.1, 0.15) is 25.0 Å². The van der Waals surface area contributed by atoms with E-state index < -0.39 is 0 Å². The fraction of sp³-hybridized carbons (Fsp3) is 0.600. The number of nitrogens with one attached hydrogen (secondary N) is 1. The molecule has 0 fully saturated rings. The molecule has 0 saturated heterocycles. The van der Waals surface area contributed by atoms with Crippen molar-refractivity contribution in [3.8, 4) is 0 Å². The molecule has 0 saturated carbocycles. The number of aliphatic imine (C=N–C) groups is 1. The number of aromatic nitrogens is 1. The van der Waals surface area contributed by atoms with Gasteiger partial charge in [-0.3, -0.25) is 9.79 Å². The van der Waals surface area contributed by atoms with E-state index in [1.165, 1.54) is 12.8 Å². The molecule has 0 aliphatic heterocycles. The van der Waals surface area contributed by atoms with Gasteiger partial charge >= 0.3 is 5.97 Å². The molecule has 0 radical (unpaired) electrons. The zero-order chi connectivity index (χ0) is 15.7. The standard InChI is InChI=1S/C15H26N4O2.HI/c1-16-15(17-10-6-5-9-14(20)21-4)19(3)12-13-8-7-11-18(13)2;/h7-8,11H,5-6,9-10,12H2,1-4H3,(H,16,17);1H. The molecular formula is C15H27IN4O2. The highest BCUT2D eigenvalue weighted by molar-refractivity contribution is 14.0. The highest BCUT2D eigenvalue weighted by atomic mass is 127. The van der Waals surface area contributed by atoms with Crippen LogP contribution in [-0.2, 0) is 23.1 Å². The maximum atomic E-state index is 11.0. The number of halogens is 1. The summed E-state index contributed by atoms with van der Waals surface area (Å²) in [5, 5.41) is 3.31. The number of aryl methyl sites for hydroxylation is 1. The number of carbonyl (C=O) groups excluding carboxylic acids is 1. The lowest BCUT2D eigenvalue weighted by Gasteiger charge is -2.22. The van der Waals surface area contributed by atoms with Gasteiger partial charge in [-0.15, -0.1) is 24.0 Å². The van der Waals surface area contributed by atoms with E-state index in [2.05, 4.69) is 30.6 Å². The first kappa shape index (κ1) is 20.8. The summed E-state index contributed by atoms with van der Waals surface area (Å²) in [5.74, 6) is 0.703. The van der Waals surface area contributed by atoms with Gasteiger partial charge in [-0.1, -0.05) is 0 Å². The van der Waals surface area contributed by atoms with Gasteiger partial charge < -0.3 is 19.5 Å². The van der Waals surface area contributed by atoms with Gasteiger partial charge in [-0.25, -0.2) is 0 Å². The predicted molar refractivity (Wildman–Crippen MR) is 99.5 cm³/mol. The SMILES string of the molecule is CN=C(NCCCCC(=O)OC)N(C)Cc1cccn1C.I. The Balaban J connectivity index is 0.00000441. The topological polar surface area (TPSA) is 58.9 Å². The molecule has 1 rings (SSSR count). The van der Waals surface area contributed by atoms with Crippen molar-refractivity contribution in [3.63, 3.8) is 0 Å². The minimum atomic E-state index is -0.153. The smallest absolute Gasteiger partial charge is 0.305 e. The van der Waals surface area contributed by atoms with E-state index in [4.69, 9.17) is 0 Å². The summed E-state index contributed by atoms with van der Waals surface area (Å²) < 4.78 is 6.71. The zero-order valence-corrected chi connectivity index (χ0v) is 16.2. The van der Waals surface area contributed by atoms with Crippen molar-refractivity contribution < 1.29 is 9.53 Å². The Morgan fingerprint density at radius 2 is 2.18 bits per heavy atom. The summed E-state index contributed by atoms with van der Waals surface area (Å²) in [4.78, 5) is 17.4. The van der Waals surface area contributed by atoms with Crippen LogP contribution >= 0.6 is 24.0 Å². The highest BCUT2D eigenvalue weighted by Crippen LogP contribution is 2.04. The molecule has 0 bridgehead atoms.